The van der Waals surface area contributed by atoms with Gasteiger partial charge in [0.1, 0.15) is 4.90 Å². The molecule has 108 valence electrons. The summed E-state index contributed by atoms with van der Waals surface area (Å²) in [5, 5.41) is 10.9. The quantitative estimate of drug-likeness (QED) is 0.685. The number of aromatic nitrogens is 2. The van der Waals surface area contributed by atoms with Crippen LogP contribution in [-0.4, -0.2) is 27.0 Å². The Kier molecular flexibility index (Phi) is 3.90. The lowest BCUT2D eigenvalue weighted by atomic mass is 10.2. The van der Waals surface area contributed by atoms with Gasteiger partial charge in [-0.2, -0.15) is 5.10 Å². The smallest absolute Gasteiger partial charge is 0.243 e. The molecular formula is C10H12N4O4S2. The molecule has 2 rings (SSSR count). The molecule has 0 aliphatic heterocycles. The predicted molar refractivity (Wildman–Crippen MR) is 70.4 cm³/mol. The molecule has 0 fully saturated rings. The van der Waals surface area contributed by atoms with E-state index in [9.17, 15) is 16.8 Å². The summed E-state index contributed by atoms with van der Waals surface area (Å²) in [7, 11) is -7.39. The van der Waals surface area contributed by atoms with E-state index in [1.807, 2.05) is 0 Å². The van der Waals surface area contributed by atoms with Crippen LogP contribution in [0.4, 0.5) is 0 Å². The Balaban J connectivity index is 2.09. The number of nitrogens with zero attached hydrogens (tertiary/aromatic N) is 1. The third-order valence-electron chi connectivity index (χ3n) is 2.50. The van der Waals surface area contributed by atoms with E-state index in [1.165, 1.54) is 36.7 Å². The highest BCUT2D eigenvalue weighted by Crippen LogP contribution is 2.10. The van der Waals surface area contributed by atoms with Crippen molar-refractivity contribution >= 4 is 20.0 Å². The van der Waals surface area contributed by atoms with E-state index in [1.54, 1.807) is 0 Å². The molecule has 0 radical (unpaired) electrons. The lowest BCUT2D eigenvalue weighted by molar-refractivity contribution is 0.581. The summed E-state index contributed by atoms with van der Waals surface area (Å²) < 4.78 is 48.1. The Morgan fingerprint density at radius 1 is 1.10 bits per heavy atom. The Hall–Kier alpha value is -1.75. The first-order chi connectivity index (χ1) is 9.29. The largest absolute Gasteiger partial charge is 0.284 e. The molecule has 0 amide bonds. The molecule has 1 aromatic carbocycles. The number of nitrogens with one attached hydrogen (secondary N) is 2. The van der Waals surface area contributed by atoms with Crippen molar-refractivity contribution in [3.63, 3.8) is 0 Å². The summed E-state index contributed by atoms with van der Waals surface area (Å²) in [5.41, 5.74) is 0.601. The minimum Gasteiger partial charge on any atom is -0.284 e. The van der Waals surface area contributed by atoms with Gasteiger partial charge in [-0.3, -0.25) is 5.10 Å². The maximum atomic E-state index is 11.8. The zero-order valence-electron chi connectivity index (χ0n) is 10.1. The summed E-state index contributed by atoms with van der Waals surface area (Å²) in [6, 6.07) is 5.60. The van der Waals surface area contributed by atoms with Crippen molar-refractivity contribution in [2.24, 2.45) is 5.14 Å². The number of H-pyrrole nitrogens is 1. The standard InChI is InChI=1S/C10H12N4O4S2/c11-19(15,16)9-3-1-8(2-4-9)5-14-20(17,18)10-6-12-13-7-10/h1-4,6-7,14H,5H2,(H,12,13)(H2,11,15,16). The van der Waals surface area contributed by atoms with Crippen molar-refractivity contribution in [1.29, 1.82) is 0 Å². The number of benzene rings is 1. The van der Waals surface area contributed by atoms with Gasteiger partial charge in [0.25, 0.3) is 0 Å². The zero-order chi connectivity index (χ0) is 14.8. The van der Waals surface area contributed by atoms with Gasteiger partial charge in [0.2, 0.25) is 20.0 Å². The number of nitrogens with two attached hydrogens (primary N) is 1. The SMILES string of the molecule is NS(=O)(=O)c1ccc(CNS(=O)(=O)c2cn[nH]c2)cc1. The van der Waals surface area contributed by atoms with Crippen LogP contribution in [0.3, 0.4) is 0 Å². The highest BCUT2D eigenvalue weighted by atomic mass is 32.2. The topological polar surface area (TPSA) is 135 Å². The Labute approximate surface area is 116 Å². The van der Waals surface area contributed by atoms with Gasteiger partial charge >= 0.3 is 0 Å². The van der Waals surface area contributed by atoms with Crippen LogP contribution in [0, 0.1) is 0 Å². The van der Waals surface area contributed by atoms with Gasteiger partial charge < -0.3 is 0 Å². The van der Waals surface area contributed by atoms with Crippen LogP contribution in [0.15, 0.2) is 46.5 Å². The molecule has 20 heavy (non-hydrogen) atoms. The molecule has 0 bridgehead atoms. The fourth-order valence-corrected chi connectivity index (χ4v) is 2.88. The zero-order valence-corrected chi connectivity index (χ0v) is 11.8. The maximum Gasteiger partial charge on any atom is 0.243 e. The van der Waals surface area contributed by atoms with Crippen LogP contribution in [0.2, 0.25) is 0 Å². The molecule has 1 heterocycles. The number of rotatable bonds is 5. The maximum absolute atomic E-state index is 11.8. The van der Waals surface area contributed by atoms with Crippen molar-refractivity contribution < 1.29 is 16.8 Å². The summed E-state index contributed by atoms with van der Waals surface area (Å²) >= 11 is 0. The van der Waals surface area contributed by atoms with Crippen LogP contribution >= 0.6 is 0 Å². The van der Waals surface area contributed by atoms with Crippen LogP contribution in [-0.2, 0) is 26.6 Å². The molecule has 10 heteroatoms. The molecule has 0 saturated heterocycles. The molecule has 0 aliphatic rings. The van der Waals surface area contributed by atoms with E-state index in [0.29, 0.717) is 5.56 Å². The lowest BCUT2D eigenvalue weighted by Gasteiger charge is -2.05. The molecule has 8 nitrogen and oxygen atoms in total. The first kappa shape index (κ1) is 14.7. The number of sulfonamides is 2. The third kappa shape index (κ3) is 3.42. The monoisotopic (exact) mass is 316 g/mol. The Bertz CT molecular complexity index is 780. The normalized spacial score (nSPS) is 12.4. The Morgan fingerprint density at radius 2 is 1.75 bits per heavy atom. The number of aromatic amines is 1. The summed E-state index contributed by atoms with van der Waals surface area (Å²) in [5.74, 6) is 0. The van der Waals surface area contributed by atoms with Gasteiger partial charge in [0.05, 0.1) is 11.1 Å². The van der Waals surface area contributed by atoms with Gasteiger partial charge in [0.15, 0.2) is 0 Å². The minimum absolute atomic E-state index is 0.0262. The summed E-state index contributed by atoms with van der Waals surface area (Å²) in [6.45, 7) is 0.0262. The molecule has 0 aliphatic carbocycles. The predicted octanol–water partition coefficient (Wildman–Crippen LogP) is -0.464. The second kappa shape index (κ2) is 5.32. The van der Waals surface area contributed by atoms with Crippen LogP contribution in [0.1, 0.15) is 5.56 Å². The molecule has 0 unspecified atom stereocenters. The molecule has 0 saturated carbocycles. The van der Waals surface area contributed by atoms with E-state index >= 15 is 0 Å². The molecule has 0 atom stereocenters. The minimum atomic E-state index is -3.75. The highest BCUT2D eigenvalue weighted by Gasteiger charge is 2.14. The summed E-state index contributed by atoms with van der Waals surface area (Å²) in [6.07, 6.45) is 2.44. The highest BCUT2D eigenvalue weighted by molar-refractivity contribution is 7.89. The fourth-order valence-electron chi connectivity index (χ4n) is 1.44. The third-order valence-corrected chi connectivity index (χ3v) is 4.80. The number of hydrogen-bond donors (Lipinski definition) is 3. The van der Waals surface area contributed by atoms with Crippen molar-refractivity contribution in [2.45, 2.75) is 16.3 Å². The van der Waals surface area contributed by atoms with E-state index in [-0.39, 0.29) is 16.3 Å². The van der Waals surface area contributed by atoms with E-state index in [2.05, 4.69) is 14.9 Å². The van der Waals surface area contributed by atoms with Gasteiger partial charge in [0, 0.05) is 12.7 Å². The molecule has 2 aromatic rings. The van der Waals surface area contributed by atoms with E-state index in [4.69, 9.17) is 5.14 Å². The molecule has 1 aromatic heterocycles. The average Bonchev–Trinajstić information content (AvgIpc) is 2.90. The van der Waals surface area contributed by atoms with Crippen LogP contribution in [0.5, 0.6) is 0 Å². The molecule has 4 N–H and O–H groups in total. The van der Waals surface area contributed by atoms with Gasteiger partial charge in [-0.05, 0) is 17.7 Å². The fraction of sp³-hybridized carbons (Fsp3) is 0.100. The van der Waals surface area contributed by atoms with Crippen molar-refractivity contribution in [1.82, 2.24) is 14.9 Å². The van der Waals surface area contributed by atoms with Gasteiger partial charge in [-0.25, -0.2) is 26.7 Å². The van der Waals surface area contributed by atoms with Crippen molar-refractivity contribution in [3.8, 4) is 0 Å². The van der Waals surface area contributed by atoms with Gasteiger partial charge in [-0.15, -0.1) is 0 Å². The van der Waals surface area contributed by atoms with Gasteiger partial charge in [-0.1, -0.05) is 12.1 Å². The van der Waals surface area contributed by atoms with Crippen LogP contribution in [0.25, 0.3) is 0 Å². The van der Waals surface area contributed by atoms with Crippen LogP contribution < -0.4 is 9.86 Å². The van der Waals surface area contributed by atoms with Crippen molar-refractivity contribution in [3.05, 3.63) is 42.2 Å². The number of hydrogen-bond acceptors (Lipinski definition) is 5. The Morgan fingerprint density at radius 3 is 2.25 bits per heavy atom. The molecule has 0 spiro atoms. The second-order valence-electron chi connectivity index (χ2n) is 3.95. The first-order valence-electron chi connectivity index (χ1n) is 5.39. The number of primary sulfonamides is 1. The average molecular weight is 316 g/mol. The van der Waals surface area contributed by atoms with Crippen molar-refractivity contribution in [2.75, 3.05) is 0 Å². The summed E-state index contributed by atoms with van der Waals surface area (Å²) in [4.78, 5) is -0.00222. The second-order valence-corrected chi connectivity index (χ2v) is 7.28. The lowest BCUT2D eigenvalue weighted by Crippen LogP contribution is -2.22. The van der Waals surface area contributed by atoms with E-state index < -0.39 is 20.0 Å². The first-order valence-corrected chi connectivity index (χ1v) is 8.42. The molecular weight excluding hydrogens is 304 g/mol. The van der Waals surface area contributed by atoms with E-state index in [0.717, 1.165) is 0 Å².